The van der Waals surface area contributed by atoms with E-state index < -0.39 is 0 Å². The third-order valence-corrected chi connectivity index (χ3v) is 3.50. The molecule has 0 aromatic heterocycles. The van der Waals surface area contributed by atoms with Gasteiger partial charge in [-0.05, 0) is 36.5 Å². The molecule has 0 amide bonds. The number of nitrogens with zero attached hydrogens (tertiary/aromatic N) is 2. The van der Waals surface area contributed by atoms with Gasteiger partial charge in [0.15, 0.2) is 5.96 Å². The van der Waals surface area contributed by atoms with Crippen LogP contribution in [0.15, 0.2) is 29.3 Å². The highest BCUT2D eigenvalue weighted by Gasteiger charge is 2.33. The molecule has 17 heavy (non-hydrogen) atoms. The molecule has 4 nitrogen and oxygen atoms in total. The summed E-state index contributed by atoms with van der Waals surface area (Å²) in [5.74, 6) is 1.73. The summed E-state index contributed by atoms with van der Waals surface area (Å²) in [6.07, 6.45) is 2.60. The van der Waals surface area contributed by atoms with Crippen LogP contribution in [-0.2, 0) is 0 Å². The van der Waals surface area contributed by atoms with Gasteiger partial charge in [-0.15, -0.1) is 0 Å². The standard InChI is InChI=1S/C13H17N3O/c14-13-15-7-12(16(13)8-9-4-5-9)10-2-1-3-11(17)6-10/h1-3,6,9,12,17H,4-5,7-8H2,(H2,14,15). The quantitative estimate of drug-likeness (QED) is 0.828. The Balaban J connectivity index is 1.82. The lowest BCUT2D eigenvalue weighted by atomic mass is 10.1. The van der Waals surface area contributed by atoms with Gasteiger partial charge in [-0.25, -0.2) is 0 Å². The number of benzene rings is 1. The highest BCUT2D eigenvalue weighted by atomic mass is 16.3. The lowest BCUT2D eigenvalue weighted by Crippen LogP contribution is -2.37. The molecule has 1 atom stereocenters. The number of rotatable bonds is 3. The molecule has 90 valence electrons. The Hall–Kier alpha value is -1.71. The van der Waals surface area contributed by atoms with E-state index in [0.29, 0.717) is 18.3 Å². The number of hydrogen-bond donors (Lipinski definition) is 2. The van der Waals surface area contributed by atoms with Gasteiger partial charge in [-0.2, -0.15) is 0 Å². The number of aromatic hydroxyl groups is 1. The first-order chi connectivity index (χ1) is 8.24. The van der Waals surface area contributed by atoms with Crippen molar-refractivity contribution in [2.75, 3.05) is 13.1 Å². The summed E-state index contributed by atoms with van der Waals surface area (Å²) >= 11 is 0. The Morgan fingerprint density at radius 3 is 2.94 bits per heavy atom. The van der Waals surface area contributed by atoms with Gasteiger partial charge in [0.1, 0.15) is 5.75 Å². The first kappa shape index (κ1) is 10.4. The van der Waals surface area contributed by atoms with Crippen LogP contribution in [0, 0.1) is 5.92 Å². The van der Waals surface area contributed by atoms with Crippen molar-refractivity contribution in [2.24, 2.45) is 16.6 Å². The average Bonchev–Trinajstić information content (AvgIpc) is 3.04. The van der Waals surface area contributed by atoms with Crippen molar-refractivity contribution in [2.45, 2.75) is 18.9 Å². The molecule has 1 aliphatic carbocycles. The van der Waals surface area contributed by atoms with E-state index in [1.807, 2.05) is 12.1 Å². The van der Waals surface area contributed by atoms with Gasteiger partial charge in [0.05, 0.1) is 12.6 Å². The van der Waals surface area contributed by atoms with Crippen LogP contribution in [0.2, 0.25) is 0 Å². The highest BCUT2D eigenvalue weighted by Crippen LogP contribution is 2.35. The predicted molar refractivity (Wildman–Crippen MR) is 66.8 cm³/mol. The summed E-state index contributed by atoms with van der Waals surface area (Å²) in [7, 11) is 0. The smallest absolute Gasteiger partial charge is 0.191 e. The van der Waals surface area contributed by atoms with E-state index in [9.17, 15) is 5.11 Å². The van der Waals surface area contributed by atoms with Crippen molar-refractivity contribution >= 4 is 5.96 Å². The maximum absolute atomic E-state index is 9.53. The van der Waals surface area contributed by atoms with Crippen molar-refractivity contribution in [3.8, 4) is 5.75 Å². The van der Waals surface area contributed by atoms with E-state index in [4.69, 9.17) is 5.73 Å². The summed E-state index contributed by atoms with van der Waals surface area (Å²) in [6, 6.07) is 7.59. The van der Waals surface area contributed by atoms with Crippen molar-refractivity contribution in [1.82, 2.24) is 4.90 Å². The fraction of sp³-hybridized carbons (Fsp3) is 0.462. The van der Waals surface area contributed by atoms with E-state index in [0.717, 1.165) is 18.0 Å². The Morgan fingerprint density at radius 1 is 1.41 bits per heavy atom. The minimum atomic E-state index is 0.197. The summed E-state index contributed by atoms with van der Waals surface area (Å²) in [6.45, 7) is 1.69. The van der Waals surface area contributed by atoms with Gasteiger partial charge in [-0.3, -0.25) is 4.99 Å². The lowest BCUT2D eigenvalue weighted by Gasteiger charge is -2.26. The molecular weight excluding hydrogens is 214 g/mol. The molecule has 3 N–H and O–H groups in total. The monoisotopic (exact) mass is 231 g/mol. The number of guanidine groups is 1. The summed E-state index contributed by atoms with van der Waals surface area (Å²) < 4.78 is 0. The molecule has 3 rings (SSSR count). The van der Waals surface area contributed by atoms with Crippen LogP contribution >= 0.6 is 0 Å². The number of hydrogen-bond acceptors (Lipinski definition) is 4. The van der Waals surface area contributed by atoms with Gasteiger partial charge in [0.2, 0.25) is 0 Å². The van der Waals surface area contributed by atoms with Crippen LogP contribution in [0.3, 0.4) is 0 Å². The summed E-state index contributed by atoms with van der Waals surface area (Å²) in [5.41, 5.74) is 7.03. The zero-order valence-corrected chi connectivity index (χ0v) is 9.71. The maximum atomic E-state index is 9.53. The Labute approximate surface area is 101 Å². The zero-order chi connectivity index (χ0) is 11.8. The molecule has 1 aliphatic heterocycles. The second-order valence-electron chi connectivity index (χ2n) is 4.91. The molecule has 1 saturated carbocycles. The van der Waals surface area contributed by atoms with E-state index in [1.54, 1.807) is 12.1 Å². The molecule has 0 spiro atoms. The van der Waals surface area contributed by atoms with Gasteiger partial charge >= 0.3 is 0 Å². The molecule has 1 fully saturated rings. The van der Waals surface area contributed by atoms with Crippen LogP contribution in [0.1, 0.15) is 24.4 Å². The van der Waals surface area contributed by atoms with E-state index in [2.05, 4.69) is 9.89 Å². The van der Waals surface area contributed by atoms with Crippen molar-refractivity contribution in [1.29, 1.82) is 0 Å². The minimum absolute atomic E-state index is 0.197. The van der Waals surface area contributed by atoms with Gasteiger partial charge in [-0.1, -0.05) is 12.1 Å². The fourth-order valence-corrected chi connectivity index (χ4v) is 2.35. The Morgan fingerprint density at radius 2 is 2.24 bits per heavy atom. The van der Waals surface area contributed by atoms with Gasteiger partial charge < -0.3 is 15.7 Å². The van der Waals surface area contributed by atoms with Crippen molar-refractivity contribution in [3.05, 3.63) is 29.8 Å². The van der Waals surface area contributed by atoms with Crippen molar-refractivity contribution in [3.63, 3.8) is 0 Å². The topological polar surface area (TPSA) is 61.9 Å². The molecular formula is C13H17N3O. The first-order valence-electron chi connectivity index (χ1n) is 6.09. The van der Waals surface area contributed by atoms with Crippen LogP contribution in [0.4, 0.5) is 0 Å². The van der Waals surface area contributed by atoms with Crippen LogP contribution in [0.25, 0.3) is 0 Å². The van der Waals surface area contributed by atoms with E-state index in [1.165, 1.54) is 12.8 Å². The average molecular weight is 231 g/mol. The summed E-state index contributed by atoms with van der Waals surface area (Å²) in [5, 5.41) is 9.53. The molecule has 4 heteroatoms. The molecule has 1 unspecified atom stereocenters. The molecule has 1 heterocycles. The van der Waals surface area contributed by atoms with E-state index in [-0.39, 0.29) is 6.04 Å². The second-order valence-corrected chi connectivity index (χ2v) is 4.91. The maximum Gasteiger partial charge on any atom is 0.191 e. The number of aliphatic imine (C=N–C) groups is 1. The minimum Gasteiger partial charge on any atom is -0.508 e. The Bertz CT molecular complexity index is 454. The zero-order valence-electron chi connectivity index (χ0n) is 9.71. The summed E-state index contributed by atoms with van der Waals surface area (Å²) in [4.78, 5) is 6.50. The molecule has 0 bridgehead atoms. The molecule has 1 aromatic rings. The van der Waals surface area contributed by atoms with Gasteiger partial charge in [0, 0.05) is 6.54 Å². The number of nitrogens with two attached hydrogens (primary N) is 1. The number of phenolic OH excluding ortho intramolecular Hbond substituents is 1. The first-order valence-corrected chi connectivity index (χ1v) is 6.09. The third-order valence-electron chi connectivity index (χ3n) is 3.50. The van der Waals surface area contributed by atoms with Gasteiger partial charge in [0.25, 0.3) is 0 Å². The molecule has 1 aromatic carbocycles. The fourth-order valence-electron chi connectivity index (χ4n) is 2.35. The van der Waals surface area contributed by atoms with Crippen LogP contribution in [0.5, 0.6) is 5.75 Å². The third kappa shape index (κ3) is 2.07. The molecule has 0 radical (unpaired) electrons. The van der Waals surface area contributed by atoms with Crippen LogP contribution < -0.4 is 5.73 Å². The predicted octanol–water partition coefficient (Wildman–Crippen LogP) is 1.47. The molecule has 0 saturated heterocycles. The normalized spacial score (nSPS) is 23.9. The largest absolute Gasteiger partial charge is 0.508 e. The van der Waals surface area contributed by atoms with E-state index >= 15 is 0 Å². The van der Waals surface area contributed by atoms with Crippen LogP contribution in [-0.4, -0.2) is 29.1 Å². The number of phenols is 1. The lowest BCUT2D eigenvalue weighted by molar-refractivity contribution is 0.333. The highest BCUT2D eigenvalue weighted by molar-refractivity contribution is 5.80. The van der Waals surface area contributed by atoms with Crippen molar-refractivity contribution < 1.29 is 5.11 Å². The molecule has 2 aliphatic rings. The second kappa shape index (κ2) is 3.95. The SMILES string of the molecule is NC1=NCC(c2cccc(O)c2)N1CC1CC1. The Kier molecular flexibility index (Phi) is 2.42.